The summed E-state index contributed by atoms with van der Waals surface area (Å²) in [5.41, 5.74) is 0.279. The highest BCUT2D eigenvalue weighted by Crippen LogP contribution is 2.76. The van der Waals surface area contributed by atoms with Gasteiger partial charge in [-0.3, -0.25) is 4.18 Å². The lowest BCUT2D eigenvalue weighted by Gasteiger charge is -2.43. The first kappa shape index (κ1) is 14.8. The van der Waals surface area contributed by atoms with E-state index in [1.807, 2.05) is 0 Å². The quantitative estimate of drug-likeness (QED) is 0.732. The molecule has 3 aliphatic carbocycles. The topological polar surface area (TPSA) is 43.4 Å². The zero-order valence-electron chi connectivity index (χ0n) is 13.4. The van der Waals surface area contributed by atoms with Crippen LogP contribution in [0.4, 0.5) is 0 Å². The smallest absolute Gasteiger partial charge is 0.264 e. The van der Waals surface area contributed by atoms with Crippen LogP contribution in [0.5, 0.6) is 0 Å². The molecule has 0 aromatic heterocycles. The lowest BCUT2D eigenvalue weighted by atomic mass is 9.64. The molecule has 3 fully saturated rings. The van der Waals surface area contributed by atoms with Crippen molar-refractivity contribution in [3.05, 3.63) is 0 Å². The van der Waals surface area contributed by atoms with Gasteiger partial charge in [0.1, 0.15) is 0 Å². The van der Waals surface area contributed by atoms with Crippen LogP contribution in [-0.2, 0) is 14.3 Å². The van der Waals surface area contributed by atoms with Gasteiger partial charge in [-0.1, -0.05) is 27.7 Å². The summed E-state index contributed by atoms with van der Waals surface area (Å²) in [7, 11) is -3.41. The number of rotatable bonds is 2. The summed E-state index contributed by atoms with van der Waals surface area (Å²) in [5.74, 6) is 1.34. The molecule has 3 saturated carbocycles. The Bertz CT molecular complexity index is 524. The first-order chi connectivity index (χ1) is 9.02. The third kappa shape index (κ3) is 1.76. The van der Waals surface area contributed by atoms with Crippen molar-refractivity contribution in [2.75, 3.05) is 6.26 Å². The molecule has 0 aromatic carbocycles. The normalized spacial score (nSPS) is 50.1. The predicted octanol–water partition coefficient (Wildman–Crippen LogP) is 3.59. The van der Waals surface area contributed by atoms with Gasteiger partial charge < -0.3 is 0 Å². The molecule has 1 spiro atoms. The van der Waals surface area contributed by atoms with Crippen LogP contribution < -0.4 is 0 Å². The van der Waals surface area contributed by atoms with Crippen molar-refractivity contribution < 1.29 is 12.6 Å². The number of hydrogen-bond donors (Lipinski definition) is 0. The van der Waals surface area contributed by atoms with E-state index in [1.165, 1.54) is 25.5 Å². The molecule has 0 N–H and O–H groups in total. The molecule has 3 nitrogen and oxygen atoms in total. The fraction of sp³-hybridized carbons (Fsp3) is 1.00. The SMILES string of the molecule is C[C@H]1CC[C@@]23C1CC[C@]2(C)CC(C)(C)[C@H]3OS(C)(=O)=O. The largest absolute Gasteiger partial charge is 0.266 e. The molecular formula is C16H28O3S. The van der Waals surface area contributed by atoms with Crippen molar-refractivity contribution in [2.24, 2.45) is 28.1 Å². The van der Waals surface area contributed by atoms with Crippen LogP contribution in [0.25, 0.3) is 0 Å². The van der Waals surface area contributed by atoms with Crippen molar-refractivity contribution >= 4 is 10.1 Å². The third-order valence-electron chi connectivity index (χ3n) is 6.79. The van der Waals surface area contributed by atoms with Crippen LogP contribution in [0.2, 0.25) is 0 Å². The van der Waals surface area contributed by atoms with Crippen molar-refractivity contribution in [1.82, 2.24) is 0 Å². The third-order valence-corrected chi connectivity index (χ3v) is 7.33. The van der Waals surface area contributed by atoms with Crippen molar-refractivity contribution in [3.8, 4) is 0 Å². The Morgan fingerprint density at radius 1 is 1.10 bits per heavy atom. The van der Waals surface area contributed by atoms with Crippen LogP contribution in [0.3, 0.4) is 0 Å². The zero-order valence-corrected chi connectivity index (χ0v) is 14.2. The lowest BCUT2D eigenvalue weighted by Crippen LogP contribution is -2.46. The Morgan fingerprint density at radius 3 is 2.35 bits per heavy atom. The molecule has 4 heteroatoms. The second-order valence-electron chi connectivity index (χ2n) is 8.61. The molecule has 0 saturated heterocycles. The van der Waals surface area contributed by atoms with Gasteiger partial charge in [0.05, 0.1) is 12.4 Å². The van der Waals surface area contributed by atoms with E-state index in [0.29, 0.717) is 11.8 Å². The first-order valence-electron chi connectivity index (χ1n) is 7.90. The minimum absolute atomic E-state index is 0.0550. The second kappa shape index (κ2) is 4.01. The fourth-order valence-corrected chi connectivity index (χ4v) is 7.22. The van der Waals surface area contributed by atoms with E-state index >= 15 is 0 Å². The predicted molar refractivity (Wildman–Crippen MR) is 79.8 cm³/mol. The van der Waals surface area contributed by atoms with Crippen molar-refractivity contribution in [3.63, 3.8) is 0 Å². The Labute approximate surface area is 123 Å². The molecule has 5 atom stereocenters. The molecule has 0 aromatic rings. The van der Waals surface area contributed by atoms with E-state index in [9.17, 15) is 8.42 Å². The van der Waals surface area contributed by atoms with E-state index in [0.717, 1.165) is 12.8 Å². The molecule has 0 radical (unpaired) electrons. The summed E-state index contributed by atoms with van der Waals surface area (Å²) in [4.78, 5) is 0. The summed E-state index contributed by atoms with van der Waals surface area (Å²) in [6.45, 7) is 9.12. The van der Waals surface area contributed by atoms with Crippen LogP contribution in [-0.4, -0.2) is 20.8 Å². The highest BCUT2D eigenvalue weighted by Gasteiger charge is 2.73. The van der Waals surface area contributed by atoms with E-state index < -0.39 is 10.1 Å². The van der Waals surface area contributed by atoms with Gasteiger partial charge in [0.15, 0.2) is 0 Å². The highest BCUT2D eigenvalue weighted by atomic mass is 32.2. The Hall–Kier alpha value is -0.0900. The molecule has 116 valence electrons. The van der Waals surface area contributed by atoms with Crippen molar-refractivity contribution in [2.45, 2.75) is 65.9 Å². The van der Waals surface area contributed by atoms with Gasteiger partial charge in [0, 0.05) is 5.41 Å². The minimum atomic E-state index is -3.41. The second-order valence-corrected chi connectivity index (χ2v) is 10.2. The maximum absolute atomic E-state index is 11.8. The molecule has 3 aliphatic rings. The Kier molecular flexibility index (Phi) is 2.97. The maximum atomic E-state index is 11.8. The highest BCUT2D eigenvalue weighted by molar-refractivity contribution is 7.86. The zero-order chi connectivity index (χ0) is 15.0. The van der Waals surface area contributed by atoms with Gasteiger partial charge in [-0.2, -0.15) is 8.42 Å². The summed E-state index contributed by atoms with van der Waals surface area (Å²) in [6, 6.07) is 0. The van der Waals surface area contributed by atoms with Gasteiger partial charge in [-0.15, -0.1) is 0 Å². The molecule has 0 heterocycles. The lowest BCUT2D eigenvalue weighted by molar-refractivity contribution is -0.0279. The van der Waals surface area contributed by atoms with E-state index in [-0.39, 0.29) is 22.3 Å². The maximum Gasteiger partial charge on any atom is 0.264 e. The monoisotopic (exact) mass is 300 g/mol. The van der Waals surface area contributed by atoms with E-state index in [2.05, 4.69) is 27.7 Å². The van der Waals surface area contributed by atoms with Gasteiger partial charge in [0.2, 0.25) is 0 Å². The molecule has 3 rings (SSSR count). The number of hydrogen-bond acceptors (Lipinski definition) is 3. The molecule has 20 heavy (non-hydrogen) atoms. The standard InChI is InChI=1S/C16H28O3S/c1-11-6-9-16-12(11)7-8-15(16,4)10-14(2,3)13(16)19-20(5,17)18/h11-13H,6-10H2,1-5H3/t11-,12?,13+,15+,16-/m0/s1. The average molecular weight is 300 g/mol. The van der Waals surface area contributed by atoms with Crippen LogP contribution in [0.1, 0.15) is 59.8 Å². The first-order valence-corrected chi connectivity index (χ1v) is 9.72. The average Bonchev–Trinajstić information content (AvgIpc) is 2.77. The van der Waals surface area contributed by atoms with Crippen LogP contribution >= 0.6 is 0 Å². The van der Waals surface area contributed by atoms with Gasteiger partial charge in [0.25, 0.3) is 10.1 Å². The van der Waals surface area contributed by atoms with Gasteiger partial charge in [-0.25, -0.2) is 0 Å². The van der Waals surface area contributed by atoms with Crippen LogP contribution in [0, 0.1) is 28.1 Å². The summed E-state index contributed by atoms with van der Waals surface area (Å²) in [5, 5.41) is 0. The van der Waals surface area contributed by atoms with Gasteiger partial charge >= 0.3 is 0 Å². The summed E-state index contributed by atoms with van der Waals surface area (Å²) in [6.07, 6.45) is 6.99. The molecule has 0 aliphatic heterocycles. The summed E-state index contributed by atoms with van der Waals surface area (Å²) >= 11 is 0. The summed E-state index contributed by atoms with van der Waals surface area (Å²) < 4.78 is 29.3. The van der Waals surface area contributed by atoms with E-state index in [4.69, 9.17) is 4.18 Å². The minimum Gasteiger partial charge on any atom is -0.266 e. The van der Waals surface area contributed by atoms with Crippen molar-refractivity contribution in [1.29, 1.82) is 0 Å². The molecule has 0 amide bonds. The Balaban J connectivity index is 2.10. The molecule has 1 unspecified atom stereocenters. The Morgan fingerprint density at radius 2 is 1.75 bits per heavy atom. The van der Waals surface area contributed by atoms with Gasteiger partial charge in [-0.05, 0) is 54.8 Å². The molecular weight excluding hydrogens is 272 g/mol. The van der Waals surface area contributed by atoms with Crippen LogP contribution in [0.15, 0.2) is 0 Å². The molecule has 0 bridgehead atoms. The van der Waals surface area contributed by atoms with E-state index in [1.54, 1.807) is 0 Å². The fourth-order valence-electron chi connectivity index (χ4n) is 6.44.